The van der Waals surface area contributed by atoms with Gasteiger partial charge in [-0.15, -0.1) is 0 Å². The summed E-state index contributed by atoms with van der Waals surface area (Å²) in [7, 11) is -2.48. The van der Waals surface area contributed by atoms with Gasteiger partial charge in [-0.25, -0.2) is 13.4 Å². The van der Waals surface area contributed by atoms with Crippen molar-refractivity contribution >= 4 is 45.1 Å². The lowest BCUT2D eigenvalue weighted by Gasteiger charge is -2.22. The third-order valence-electron chi connectivity index (χ3n) is 6.42. The maximum Gasteiger partial charge on any atom is 0.243 e. The predicted molar refractivity (Wildman–Crippen MR) is 165 cm³/mol. The summed E-state index contributed by atoms with van der Waals surface area (Å²) < 4.78 is 35.4. The first kappa shape index (κ1) is 29.3. The zero-order valence-electron chi connectivity index (χ0n) is 22.4. The molecule has 0 aliphatic rings. The third kappa shape index (κ3) is 6.83. The first-order valence-corrected chi connectivity index (χ1v) is 15.0. The van der Waals surface area contributed by atoms with Gasteiger partial charge in [0.15, 0.2) is 0 Å². The molecule has 1 heterocycles. The molecule has 0 bridgehead atoms. The zero-order valence-corrected chi connectivity index (χ0v) is 24.8. The van der Waals surface area contributed by atoms with Crippen LogP contribution in [-0.4, -0.2) is 41.8 Å². The second-order valence-corrected chi connectivity index (χ2v) is 12.1. The molecular formula is C31H26Cl2N4O4S. The molecule has 0 spiro atoms. The van der Waals surface area contributed by atoms with Crippen molar-refractivity contribution in [2.45, 2.75) is 11.4 Å². The number of benzene rings is 4. The van der Waals surface area contributed by atoms with E-state index in [1.807, 2.05) is 42.5 Å². The van der Waals surface area contributed by atoms with Crippen LogP contribution >= 0.6 is 23.2 Å². The van der Waals surface area contributed by atoms with E-state index in [4.69, 9.17) is 27.9 Å². The van der Waals surface area contributed by atoms with Crippen LogP contribution in [0.2, 0.25) is 10.0 Å². The number of aromatic nitrogens is 2. The summed E-state index contributed by atoms with van der Waals surface area (Å²) >= 11 is 12.1. The molecule has 0 aliphatic heterocycles. The van der Waals surface area contributed by atoms with Crippen molar-refractivity contribution in [3.05, 3.63) is 125 Å². The number of sulfonamides is 1. The lowest BCUT2D eigenvalue weighted by Crippen LogP contribution is -2.38. The molecule has 0 unspecified atom stereocenters. The van der Waals surface area contributed by atoms with Gasteiger partial charge in [-0.1, -0.05) is 65.7 Å². The number of nitrogens with zero attached hydrogens (tertiary/aromatic N) is 3. The van der Waals surface area contributed by atoms with Crippen molar-refractivity contribution in [2.75, 3.05) is 19.0 Å². The average Bonchev–Trinajstić information content (AvgIpc) is 3.41. The molecule has 5 rings (SSSR count). The smallest absolute Gasteiger partial charge is 0.243 e. The van der Waals surface area contributed by atoms with Gasteiger partial charge in [0.2, 0.25) is 21.9 Å². The highest BCUT2D eigenvalue weighted by Crippen LogP contribution is 2.27. The normalized spacial score (nSPS) is 11.4. The van der Waals surface area contributed by atoms with Crippen LogP contribution in [0.1, 0.15) is 5.56 Å². The molecule has 0 saturated heterocycles. The van der Waals surface area contributed by atoms with Gasteiger partial charge in [-0.2, -0.15) is 4.31 Å². The van der Waals surface area contributed by atoms with Gasteiger partial charge in [0.1, 0.15) is 5.75 Å². The van der Waals surface area contributed by atoms with E-state index in [1.165, 1.54) is 24.3 Å². The van der Waals surface area contributed by atoms with Crippen molar-refractivity contribution in [3.63, 3.8) is 0 Å². The van der Waals surface area contributed by atoms with E-state index < -0.39 is 22.5 Å². The van der Waals surface area contributed by atoms with Gasteiger partial charge < -0.3 is 4.74 Å². The van der Waals surface area contributed by atoms with Gasteiger partial charge in [0.05, 0.1) is 24.2 Å². The number of ether oxygens (including phenoxy) is 1. The molecule has 11 heteroatoms. The predicted octanol–water partition coefficient (Wildman–Crippen LogP) is 6.68. The molecule has 5 aromatic rings. The molecule has 214 valence electrons. The highest BCUT2D eigenvalue weighted by atomic mass is 35.5. The van der Waals surface area contributed by atoms with E-state index in [1.54, 1.807) is 54.3 Å². The quantitative estimate of drug-likeness (QED) is 0.188. The molecule has 0 radical (unpaired) electrons. The number of hydrogen-bond acceptors (Lipinski definition) is 5. The summed E-state index contributed by atoms with van der Waals surface area (Å²) in [4.78, 5) is 18.2. The van der Waals surface area contributed by atoms with Crippen LogP contribution in [0.4, 0.5) is 5.95 Å². The third-order valence-corrected chi connectivity index (χ3v) is 8.73. The van der Waals surface area contributed by atoms with E-state index in [0.717, 1.165) is 15.4 Å². The first-order valence-electron chi connectivity index (χ1n) is 12.8. The Bertz CT molecular complexity index is 1780. The summed E-state index contributed by atoms with van der Waals surface area (Å²) in [5.74, 6) is 0.330. The molecule has 1 amide bonds. The standard InChI is InChI=1S/C31H26Cl2N4O4S/c1-41-27-15-13-26(14-16-27)37-20-29(23-7-9-24(32)10-8-23)34-31(37)35-30(38)21-36(19-22-5-3-2-4-6-22)42(39,40)28-17-11-25(33)12-18-28/h2-18,20H,19,21H2,1H3,(H,34,35,38). The van der Waals surface area contributed by atoms with Crippen LogP contribution in [0.5, 0.6) is 5.75 Å². The molecule has 1 N–H and O–H groups in total. The fraction of sp³-hybridized carbons (Fsp3) is 0.0968. The van der Waals surface area contributed by atoms with Crippen molar-refractivity contribution in [3.8, 4) is 22.7 Å². The van der Waals surface area contributed by atoms with Gasteiger partial charge in [-0.05, 0) is 66.2 Å². The highest BCUT2D eigenvalue weighted by molar-refractivity contribution is 7.89. The maximum absolute atomic E-state index is 13.7. The number of halogens is 2. The Hall–Kier alpha value is -4.15. The first-order chi connectivity index (χ1) is 20.2. The van der Waals surface area contributed by atoms with Crippen molar-refractivity contribution < 1.29 is 17.9 Å². The number of rotatable bonds is 10. The number of imidazole rings is 1. The Morgan fingerprint density at radius 3 is 2.12 bits per heavy atom. The summed E-state index contributed by atoms with van der Waals surface area (Å²) in [6.07, 6.45) is 1.78. The van der Waals surface area contributed by atoms with Crippen molar-refractivity contribution in [1.82, 2.24) is 13.9 Å². The zero-order chi connectivity index (χ0) is 29.7. The molecule has 0 atom stereocenters. The Morgan fingerprint density at radius 1 is 0.881 bits per heavy atom. The summed E-state index contributed by atoms with van der Waals surface area (Å²) in [6, 6.07) is 29.3. The van der Waals surface area contributed by atoms with Gasteiger partial charge >= 0.3 is 0 Å². The fourth-order valence-corrected chi connectivity index (χ4v) is 5.90. The van der Waals surface area contributed by atoms with Crippen LogP contribution < -0.4 is 10.1 Å². The van der Waals surface area contributed by atoms with E-state index in [2.05, 4.69) is 10.3 Å². The fourth-order valence-electron chi connectivity index (χ4n) is 4.26. The van der Waals surface area contributed by atoms with Crippen LogP contribution in [0.25, 0.3) is 16.9 Å². The number of amides is 1. The van der Waals surface area contributed by atoms with Crippen LogP contribution in [0.3, 0.4) is 0 Å². The topological polar surface area (TPSA) is 93.5 Å². The van der Waals surface area contributed by atoms with E-state index in [0.29, 0.717) is 27.2 Å². The molecule has 0 fully saturated rings. The molecule has 0 saturated carbocycles. The SMILES string of the molecule is COc1ccc(-n2cc(-c3ccc(Cl)cc3)nc2NC(=O)CN(Cc2ccccc2)S(=O)(=O)c2ccc(Cl)cc2)cc1. The maximum atomic E-state index is 13.7. The number of anilines is 1. The number of nitrogens with one attached hydrogen (secondary N) is 1. The molecule has 8 nitrogen and oxygen atoms in total. The minimum absolute atomic E-state index is 0.0117. The molecule has 4 aromatic carbocycles. The van der Waals surface area contributed by atoms with Gasteiger partial charge in [0, 0.05) is 34.0 Å². The minimum atomic E-state index is -4.05. The van der Waals surface area contributed by atoms with E-state index >= 15 is 0 Å². The number of carbonyl (C=O) groups excluding carboxylic acids is 1. The molecule has 0 aliphatic carbocycles. The number of hydrogen-bond donors (Lipinski definition) is 1. The Morgan fingerprint density at radius 2 is 1.50 bits per heavy atom. The molecule has 42 heavy (non-hydrogen) atoms. The van der Waals surface area contributed by atoms with Crippen molar-refractivity contribution in [1.29, 1.82) is 0 Å². The summed E-state index contributed by atoms with van der Waals surface area (Å²) in [5, 5.41) is 3.81. The lowest BCUT2D eigenvalue weighted by atomic mass is 10.2. The lowest BCUT2D eigenvalue weighted by molar-refractivity contribution is -0.116. The Kier molecular flexibility index (Phi) is 8.94. The van der Waals surface area contributed by atoms with Crippen LogP contribution in [-0.2, 0) is 21.4 Å². The van der Waals surface area contributed by atoms with Crippen LogP contribution in [0, 0.1) is 0 Å². The largest absolute Gasteiger partial charge is 0.497 e. The van der Waals surface area contributed by atoms with Crippen LogP contribution in [0.15, 0.2) is 114 Å². The van der Waals surface area contributed by atoms with Gasteiger partial charge in [0.25, 0.3) is 0 Å². The second-order valence-electron chi connectivity index (χ2n) is 9.29. The molecular weight excluding hydrogens is 595 g/mol. The Balaban J connectivity index is 1.47. The monoisotopic (exact) mass is 620 g/mol. The van der Waals surface area contributed by atoms with E-state index in [9.17, 15) is 13.2 Å². The number of carbonyl (C=O) groups is 1. The summed E-state index contributed by atoms with van der Waals surface area (Å²) in [6.45, 7) is -0.465. The van der Waals surface area contributed by atoms with Crippen molar-refractivity contribution in [2.24, 2.45) is 0 Å². The van der Waals surface area contributed by atoms with E-state index in [-0.39, 0.29) is 17.4 Å². The second kappa shape index (κ2) is 12.8. The number of methoxy groups -OCH3 is 1. The minimum Gasteiger partial charge on any atom is -0.497 e. The van der Waals surface area contributed by atoms with Gasteiger partial charge in [-0.3, -0.25) is 14.7 Å². The highest BCUT2D eigenvalue weighted by Gasteiger charge is 2.28. The average molecular weight is 622 g/mol. The summed E-state index contributed by atoms with van der Waals surface area (Å²) in [5.41, 5.74) is 2.83. The Labute approximate surface area is 254 Å². The molecule has 1 aromatic heterocycles.